The van der Waals surface area contributed by atoms with Crippen molar-refractivity contribution in [2.24, 2.45) is 0 Å². The van der Waals surface area contributed by atoms with Gasteiger partial charge >= 0.3 is 20.4 Å². The number of hydrogen-bond acceptors (Lipinski definition) is 8. The first-order valence-corrected chi connectivity index (χ1v) is 19.3. The second kappa shape index (κ2) is 13.7. The maximum Gasteiger partial charge on any atom is 0.326 e. The third-order valence-corrected chi connectivity index (χ3v) is 11.8. The number of rotatable bonds is 8. The molecule has 4 aliphatic rings. The molecule has 0 bridgehead atoms. The lowest BCUT2D eigenvalue weighted by Gasteiger charge is -2.20. The third kappa shape index (κ3) is 7.12. The van der Waals surface area contributed by atoms with Crippen LogP contribution in [0.1, 0.15) is 46.2 Å². The predicted molar refractivity (Wildman–Crippen MR) is 187 cm³/mol. The van der Waals surface area contributed by atoms with Gasteiger partial charge in [-0.15, -0.1) is 0 Å². The average molecular weight is 717 g/mol. The summed E-state index contributed by atoms with van der Waals surface area (Å²) in [6.07, 6.45) is 5.83. The topological polar surface area (TPSA) is 151 Å². The molecule has 2 aliphatic carbocycles. The summed E-state index contributed by atoms with van der Waals surface area (Å²) < 4.78 is 67.1. The van der Waals surface area contributed by atoms with E-state index in [0.29, 0.717) is 36.1 Å². The monoisotopic (exact) mass is 716 g/mol. The molecule has 12 nitrogen and oxygen atoms in total. The molecule has 0 spiro atoms. The van der Waals surface area contributed by atoms with E-state index in [1.165, 1.54) is 11.1 Å². The first-order chi connectivity index (χ1) is 24.1. The van der Waals surface area contributed by atoms with Crippen molar-refractivity contribution in [3.63, 3.8) is 0 Å². The van der Waals surface area contributed by atoms with Crippen LogP contribution >= 0.6 is 0 Å². The minimum Gasteiger partial charge on any atom is -0.487 e. The van der Waals surface area contributed by atoms with Crippen LogP contribution in [0.15, 0.2) is 84.9 Å². The maximum atomic E-state index is 12.2. The van der Waals surface area contributed by atoms with Gasteiger partial charge in [0.1, 0.15) is 37.8 Å². The number of carbonyl (C=O) groups excluding carboxylic acids is 2. The zero-order valence-corrected chi connectivity index (χ0v) is 28.8. The predicted octanol–water partition coefficient (Wildman–Crippen LogP) is 3.87. The van der Waals surface area contributed by atoms with Crippen LogP contribution in [0.4, 0.5) is 11.4 Å². The number of amides is 2. The van der Waals surface area contributed by atoms with Crippen LogP contribution in [-0.2, 0) is 68.9 Å². The van der Waals surface area contributed by atoms with Crippen LogP contribution in [0.2, 0.25) is 0 Å². The molecule has 0 atom stereocenters. The molecular weight excluding hydrogens is 681 g/mol. The Labute approximate surface area is 291 Å². The van der Waals surface area contributed by atoms with Gasteiger partial charge in [0.05, 0.1) is 11.4 Å². The van der Waals surface area contributed by atoms with Gasteiger partial charge in [0.2, 0.25) is 0 Å². The molecule has 2 heterocycles. The lowest BCUT2D eigenvalue weighted by atomic mass is 10.1. The zero-order chi connectivity index (χ0) is 34.9. The Morgan fingerprint density at radius 3 is 1.24 bits per heavy atom. The van der Waals surface area contributed by atoms with Crippen molar-refractivity contribution in [3.05, 3.63) is 118 Å². The molecule has 4 aromatic carbocycles. The van der Waals surface area contributed by atoms with Crippen molar-refractivity contribution in [1.82, 2.24) is 9.44 Å². The summed E-state index contributed by atoms with van der Waals surface area (Å²) >= 11 is 0. The number of ether oxygens (including phenoxy) is 2. The molecular formula is C36H36N4O8S2. The van der Waals surface area contributed by atoms with Crippen LogP contribution in [0.25, 0.3) is 0 Å². The van der Waals surface area contributed by atoms with E-state index in [1.54, 1.807) is 0 Å². The highest BCUT2D eigenvalue weighted by Crippen LogP contribution is 2.39. The van der Waals surface area contributed by atoms with Crippen LogP contribution < -0.4 is 27.5 Å². The SMILES string of the molecule is O=C1CN(c2cc3c(cc2OCc2ccccc2)CCC3)S(=O)(=O)N1.O=C1CN(c2cc3c(cc2OCc2ccccc2)CCC3)S(=O)(=O)N1. The van der Waals surface area contributed by atoms with Gasteiger partial charge in [0.15, 0.2) is 0 Å². The zero-order valence-electron chi connectivity index (χ0n) is 27.1. The van der Waals surface area contributed by atoms with E-state index in [9.17, 15) is 26.4 Å². The van der Waals surface area contributed by atoms with E-state index in [0.717, 1.165) is 69.4 Å². The smallest absolute Gasteiger partial charge is 0.326 e. The standard InChI is InChI=1S/2C18H18N2O4S/c2*21-18-11-20(25(22,23)19-18)16-9-14-7-4-8-15(14)10-17(16)24-12-13-5-2-1-3-6-13/h2*1-3,5-6,9-10H,4,7-8,11-12H2,(H,19,21). The summed E-state index contributed by atoms with van der Waals surface area (Å²) in [5.74, 6) is -0.0850. The Hall–Kier alpha value is -5.08. The number of hydrogen-bond donors (Lipinski definition) is 2. The molecule has 2 N–H and O–H groups in total. The van der Waals surface area contributed by atoms with Crippen molar-refractivity contribution in [2.75, 3.05) is 21.7 Å². The van der Waals surface area contributed by atoms with Crippen molar-refractivity contribution < 1.29 is 35.9 Å². The quantitative estimate of drug-likeness (QED) is 0.279. The fourth-order valence-corrected chi connectivity index (χ4v) is 8.89. The molecule has 2 saturated heterocycles. The molecule has 2 amide bonds. The number of fused-ring (bicyclic) bond motifs is 2. The van der Waals surface area contributed by atoms with E-state index in [1.807, 2.05) is 94.4 Å². The van der Waals surface area contributed by atoms with Gasteiger partial charge in [-0.1, -0.05) is 60.7 Å². The number of benzene rings is 4. The lowest BCUT2D eigenvalue weighted by molar-refractivity contribution is -0.118. The third-order valence-electron chi connectivity index (χ3n) is 9.00. The van der Waals surface area contributed by atoms with Gasteiger partial charge in [-0.05, 0) is 96.2 Å². The van der Waals surface area contributed by atoms with Gasteiger partial charge in [0, 0.05) is 0 Å². The normalized spacial score (nSPS) is 18.1. The molecule has 0 aromatic heterocycles. The highest BCUT2D eigenvalue weighted by Gasteiger charge is 2.37. The number of nitrogens with zero attached hydrogens (tertiary/aromatic N) is 2. The fourth-order valence-electron chi connectivity index (χ4n) is 6.59. The van der Waals surface area contributed by atoms with E-state index < -0.39 is 32.2 Å². The van der Waals surface area contributed by atoms with Gasteiger partial charge in [0.25, 0.3) is 11.8 Å². The molecule has 50 heavy (non-hydrogen) atoms. The fraction of sp³-hybridized carbons (Fsp3) is 0.278. The minimum absolute atomic E-state index is 0.219. The number of aryl methyl sites for hydroxylation is 4. The summed E-state index contributed by atoms with van der Waals surface area (Å²) in [5, 5.41) is 0. The van der Waals surface area contributed by atoms with Crippen molar-refractivity contribution in [1.29, 1.82) is 0 Å². The molecule has 260 valence electrons. The Kier molecular flexibility index (Phi) is 9.14. The van der Waals surface area contributed by atoms with Crippen LogP contribution in [-0.4, -0.2) is 41.7 Å². The van der Waals surface area contributed by atoms with Crippen LogP contribution in [0.5, 0.6) is 11.5 Å². The second-order valence-corrected chi connectivity index (χ2v) is 15.7. The van der Waals surface area contributed by atoms with Crippen molar-refractivity contribution >= 4 is 43.6 Å². The lowest BCUT2D eigenvalue weighted by Crippen LogP contribution is -2.30. The number of carbonyl (C=O) groups is 2. The molecule has 14 heteroatoms. The van der Waals surface area contributed by atoms with Crippen LogP contribution in [0, 0.1) is 0 Å². The highest BCUT2D eigenvalue weighted by molar-refractivity contribution is 7.92. The molecule has 0 unspecified atom stereocenters. The first-order valence-electron chi connectivity index (χ1n) is 16.4. The largest absolute Gasteiger partial charge is 0.487 e. The molecule has 2 fully saturated rings. The van der Waals surface area contributed by atoms with Gasteiger partial charge in [-0.2, -0.15) is 16.8 Å². The van der Waals surface area contributed by atoms with E-state index in [2.05, 4.69) is 0 Å². The average Bonchev–Trinajstić information content (AvgIpc) is 3.87. The molecule has 0 radical (unpaired) electrons. The minimum atomic E-state index is -3.86. The van der Waals surface area contributed by atoms with E-state index in [4.69, 9.17) is 9.47 Å². The summed E-state index contributed by atoms with van der Waals surface area (Å²) in [6, 6.07) is 26.9. The van der Waals surface area contributed by atoms with Gasteiger partial charge < -0.3 is 9.47 Å². The Balaban J connectivity index is 0.000000157. The van der Waals surface area contributed by atoms with E-state index in [-0.39, 0.29) is 13.1 Å². The summed E-state index contributed by atoms with van der Waals surface area (Å²) in [7, 11) is -7.72. The molecule has 4 aromatic rings. The maximum absolute atomic E-state index is 12.2. The van der Waals surface area contributed by atoms with Crippen LogP contribution in [0.3, 0.4) is 0 Å². The number of anilines is 2. The van der Waals surface area contributed by atoms with Crippen molar-refractivity contribution in [2.45, 2.75) is 51.7 Å². The Morgan fingerprint density at radius 1 is 0.540 bits per heavy atom. The Bertz CT molecular complexity index is 2010. The summed E-state index contributed by atoms with van der Waals surface area (Å²) in [4.78, 5) is 23.2. The molecule has 8 rings (SSSR count). The first kappa shape index (κ1) is 33.4. The van der Waals surface area contributed by atoms with Gasteiger partial charge in [-0.25, -0.2) is 18.1 Å². The number of nitrogens with one attached hydrogen (secondary N) is 2. The van der Waals surface area contributed by atoms with Crippen molar-refractivity contribution in [3.8, 4) is 11.5 Å². The molecule has 2 aliphatic heterocycles. The Morgan fingerprint density at radius 2 is 0.900 bits per heavy atom. The summed E-state index contributed by atoms with van der Waals surface area (Å²) in [6.45, 7) is 0.232. The van der Waals surface area contributed by atoms with E-state index >= 15 is 0 Å². The molecule has 0 saturated carbocycles. The second-order valence-electron chi connectivity index (χ2n) is 12.5. The van der Waals surface area contributed by atoms with Gasteiger partial charge in [-0.3, -0.25) is 9.59 Å². The highest BCUT2D eigenvalue weighted by atomic mass is 32.2. The summed E-state index contributed by atoms with van der Waals surface area (Å²) in [5.41, 5.74) is 7.45.